The maximum Gasteiger partial charge on any atom is 0.273 e. The molecule has 132 valence electrons. The summed E-state index contributed by atoms with van der Waals surface area (Å²) in [4.78, 5) is 12.3. The monoisotopic (exact) mass is 370 g/mol. The van der Waals surface area contributed by atoms with Gasteiger partial charge in [0.25, 0.3) is 5.91 Å². The van der Waals surface area contributed by atoms with Gasteiger partial charge in [-0.2, -0.15) is 0 Å². The fourth-order valence-electron chi connectivity index (χ4n) is 2.59. The van der Waals surface area contributed by atoms with E-state index in [9.17, 15) is 4.79 Å². The molecule has 1 aromatic heterocycles. The van der Waals surface area contributed by atoms with Crippen molar-refractivity contribution in [1.82, 2.24) is 10.5 Å². The van der Waals surface area contributed by atoms with Crippen molar-refractivity contribution in [2.75, 3.05) is 13.2 Å². The van der Waals surface area contributed by atoms with E-state index in [2.05, 4.69) is 10.5 Å². The van der Waals surface area contributed by atoms with Crippen molar-refractivity contribution in [2.24, 2.45) is 0 Å². The number of aromatic nitrogens is 1. The number of para-hydroxylation sites is 2. The Labute approximate surface area is 154 Å². The molecule has 2 heterocycles. The van der Waals surface area contributed by atoms with Crippen LogP contribution in [0.1, 0.15) is 10.5 Å². The second-order valence-corrected chi connectivity index (χ2v) is 6.23. The van der Waals surface area contributed by atoms with Crippen LogP contribution in [0.25, 0.3) is 11.3 Å². The maximum atomic E-state index is 12.3. The Bertz CT molecular complexity index is 923. The molecular weight excluding hydrogens is 356 g/mol. The van der Waals surface area contributed by atoms with Crippen LogP contribution in [-0.4, -0.2) is 30.3 Å². The second kappa shape index (κ2) is 7.09. The zero-order valence-electron chi connectivity index (χ0n) is 13.6. The van der Waals surface area contributed by atoms with Crippen LogP contribution in [0, 0.1) is 0 Å². The number of benzene rings is 2. The zero-order chi connectivity index (χ0) is 17.9. The van der Waals surface area contributed by atoms with Gasteiger partial charge in [0, 0.05) is 16.7 Å². The quantitative estimate of drug-likeness (QED) is 0.760. The SMILES string of the molecule is O=C(NC[C@@H]1COc2ccccc2O1)c1cc(-c2ccc(Cl)cc2)on1. The van der Waals surface area contributed by atoms with Crippen LogP contribution in [0.15, 0.2) is 59.1 Å². The first-order valence-electron chi connectivity index (χ1n) is 8.08. The Balaban J connectivity index is 1.36. The summed E-state index contributed by atoms with van der Waals surface area (Å²) in [5.41, 5.74) is 0.994. The fourth-order valence-corrected chi connectivity index (χ4v) is 2.72. The largest absolute Gasteiger partial charge is 0.486 e. The lowest BCUT2D eigenvalue weighted by molar-refractivity contribution is 0.0784. The third-order valence-electron chi connectivity index (χ3n) is 3.93. The lowest BCUT2D eigenvalue weighted by atomic mass is 10.1. The minimum atomic E-state index is -0.337. The lowest BCUT2D eigenvalue weighted by Crippen LogP contribution is -2.40. The Hall–Kier alpha value is -2.99. The number of halogens is 1. The number of rotatable bonds is 4. The average molecular weight is 371 g/mol. The van der Waals surface area contributed by atoms with Crippen LogP contribution >= 0.6 is 11.6 Å². The van der Waals surface area contributed by atoms with Gasteiger partial charge in [0.2, 0.25) is 0 Å². The first kappa shape index (κ1) is 16.5. The minimum Gasteiger partial charge on any atom is -0.486 e. The van der Waals surface area contributed by atoms with Crippen LogP contribution in [0.2, 0.25) is 5.02 Å². The molecule has 0 saturated carbocycles. The van der Waals surface area contributed by atoms with E-state index in [0.29, 0.717) is 35.4 Å². The molecule has 0 unspecified atom stereocenters. The maximum absolute atomic E-state index is 12.3. The molecule has 1 aliphatic heterocycles. The highest BCUT2D eigenvalue weighted by atomic mass is 35.5. The number of carbonyl (C=O) groups excluding carboxylic acids is 1. The van der Waals surface area contributed by atoms with Crippen molar-refractivity contribution < 1.29 is 18.8 Å². The predicted octanol–water partition coefficient (Wildman–Crippen LogP) is 3.56. The third-order valence-corrected chi connectivity index (χ3v) is 4.18. The van der Waals surface area contributed by atoms with E-state index in [-0.39, 0.29) is 17.7 Å². The molecule has 0 fully saturated rings. The van der Waals surface area contributed by atoms with E-state index in [4.69, 9.17) is 25.6 Å². The van der Waals surface area contributed by atoms with Crippen LogP contribution in [-0.2, 0) is 0 Å². The van der Waals surface area contributed by atoms with Crippen molar-refractivity contribution in [3.8, 4) is 22.8 Å². The van der Waals surface area contributed by atoms with E-state index in [1.807, 2.05) is 24.3 Å². The normalized spacial score (nSPS) is 15.5. The number of nitrogens with one attached hydrogen (secondary N) is 1. The first-order chi connectivity index (χ1) is 12.7. The van der Waals surface area contributed by atoms with Crippen molar-refractivity contribution in [3.63, 3.8) is 0 Å². The topological polar surface area (TPSA) is 73.6 Å². The van der Waals surface area contributed by atoms with Gasteiger partial charge < -0.3 is 19.3 Å². The van der Waals surface area contributed by atoms with E-state index in [1.165, 1.54) is 0 Å². The molecule has 1 aliphatic rings. The number of amides is 1. The van der Waals surface area contributed by atoms with Gasteiger partial charge in [0.1, 0.15) is 12.7 Å². The molecular formula is C19H15ClN2O4. The zero-order valence-corrected chi connectivity index (χ0v) is 14.4. The molecule has 1 N–H and O–H groups in total. The van der Waals surface area contributed by atoms with Crippen molar-refractivity contribution >= 4 is 17.5 Å². The summed E-state index contributed by atoms with van der Waals surface area (Å²) in [7, 11) is 0. The number of ether oxygens (including phenoxy) is 2. The summed E-state index contributed by atoms with van der Waals surface area (Å²) in [5.74, 6) is 1.54. The van der Waals surface area contributed by atoms with Crippen LogP contribution in [0.5, 0.6) is 11.5 Å². The Morgan fingerprint density at radius 3 is 2.73 bits per heavy atom. The van der Waals surface area contributed by atoms with Gasteiger partial charge in [-0.3, -0.25) is 4.79 Å². The molecule has 0 bridgehead atoms. The van der Waals surface area contributed by atoms with E-state index in [1.54, 1.807) is 30.3 Å². The Kier molecular flexibility index (Phi) is 4.50. The molecule has 4 rings (SSSR count). The van der Waals surface area contributed by atoms with Gasteiger partial charge in [-0.05, 0) is 36.4 Å². The van der Waals surface area contributed by atoms with E-state index < -0.39 is 0 Å². The van der Waals surface area contributed by atoms with Gasteiger partial charge in [0.05, 0.1) is 6.54 Å². The smallest absolute Gasteiger partial charge is 0.273 e. The number of carbonyl (C=O) groups is 1. The summed E-state index contributed by atoms with van der Waals surface area (Å²) in [6.45, 7) is 0.669. The van der Waals surface area contributed by atoms with Crippen LogP contribution < -0.4 is 14.8 Å². The third kappa shape index (κ3) is 3.50. The summed E-state index contributed by atoms with van der Waals surface area (Å²) >= 11 is 5.87. The summed E-state index contributed by atoms with van der Waals surface area (Å²) in [6.07, 6.45) is -0.267. The molecule has 6 nitrogen and oxygen atoms in total. The lowest BCUT2D eigenvalue weighted by Gasteiger charge is -2.26. The fraction of sp³-hybridized carbons (Fsp3) is 0.158. The minimum absolute atomic E-state index is 0.201. The Morgan fingerprint density at radius 2 is 1.92 bits per heavy atom. The van der Waals surface area contributed by atoms with Crippen molar-refractivity contribution in [2.45, 2.75) is 6.10 Å². The summed E-state index contributed by atoms with van der Waals surface area (Å²) < 4.78 is 16.7. The van der Waals surface area contributed by atoms with E-state index >= 15 is 0 Å². The molecule has 0 radical (unpaired) electrons. The molecule has 2 aromatic carbocycles. The molecule has 0 aliphatic carbocycles. The van der Waals surface area contributed by atoms with Crippen LogP contribution in [0.4, 0.5) is 0 Å². The molecule has 7 heteroatoms. The Morgan fingerprint density at radius 1 is 1.15 bits per heavy atom. The average Bonchev–Trinajstić information content (AvgIpc) is 3.17. The number of hydrogen-bond acceptors (Lipinski definition) is 5. The van der Waals surface area contributed by atoms with Crippen molar-refractivity contribution in [1.29, 1.82) is 0 Å². The first-order valence-corrected chi connectivity index (χ1v) is 8.46. The van der Waals surface area contributed by atoms with Gasteiger partial charge in [-0.1, -0.05) is 28.9 Å². The highest BCUT2D eigenvalue weighted by Gasteiger charge is 2.22. The number of hydrogen-bond donors (Lipinski definition) is 1. The van der Waals surface area contributed by atoms with Gasteiger partial charge in [-0.15, -0.1) is 0 Å². The molecule has 0 spiro atoms. The number of nitrogens with zero attached hydrogens (tertiary/aromatic N) is 1. The van der Waals surface area contributed by atoms with Gasteiger partial charge in [-0.25, -0.2) is 0 Å². The van der Waals surface area contributed by atoms with Crippen LogP contribution in [0.3, 0.4) is 0 Å². The highest BCUT2D eigenvalue weighted by Crippen LogP contribution is 2.30. The van der Waals surface area contributed by atoms with E-state index in [0.717, 1.165) is 5.56 Å². The summed E-state index contributed by atoms with van der Waals surface area (Å²) in [6, 6.07) is 16.1. The highest BCUT2D eigenvalue weighted by molar-refractivity contribution is 6.30. The molecule has 0 saturated heterocycles. The number of fused-ring (bicyclic) bond motifs is 1. The molecule has 26 heavy (non-hydrogen) atoms. The standard InChI is InChI=1S/C19H15ClN2O4/c20-13-7-5-12(6-8-13)18-9-15(22-26-18)19(23)21-10-14-11-24-16-3-1-2-4-17(16)25-14/h1-9,14H,10-11H2,(H,21,23)/t14-/m1/s1. The molecule has 1 amide bonds. The second-order valence-electron chi connectivity index (χ2n) is 5.79. The molecule has 3 aromatic rings. The summed E-state index contributed by atoms with van der Waals surface area (Å²) in [5, 5.41) is 7.24. The van der Waals surface area contributed by atoms with Crippen molar-refractivity contribution in [3.05, 3.63) is 65.3 Å². The van der Waals surface area contributed by atoms with Gasteiger partial charge >= 0.3 is 0 Å². The van der Waals surface area contributed by atoms with Gasteiger partial charge in [0.15, 0.2) is 23.0 Å². The predicted molar refractivity (Wildman–Crippen MR) is 95.6 cm³/mol. The molecule has 1 atom stereocenters.